The second kappa shape index (κ2) is 6.20. The standard InChI is InChI=1S/C16H25N/c1-3-17-16(15-12-13(15)2)11-7-10-14-8-5-4-6-9-14/h4-6,8-9,13,15-17H,3,7,10-12H2,1-2H3. The Bertz CT molecular complexity index is 320. The predicted octanol–water partition coefficient (Wildman–Crippen LogP) is 3.64. The van der Waals surface area contributed by atoms with Gasteiger partial charge in [0.15, 0.2) is 0 Å². The first-order chi connectivity index (χ1) is 8.31. The molecular weight excluding hydrogens is 206 g/mol. The summed E-state index contributed by atoms with van der Waals surface area (Å²) in [7, 11) is 0. The van der Waals surface area contributed by atoms with E-state index in [-0.39, 0.29) is 0 Å². The molecule has 0 spiro atoms. The van der Waals surface area contributed by atoms with Gasteiger partial charge in [0.1, 0.15) is 0 Å². The molecular formula is C16H25N. The monoisotopic (exact) mass is 231 g/mol. The molecule has 1 aliphatic rings. The second-order valence-corrected chi connectivity index (χ2v) is 5.42. The quantitative estimate of drug-likeness (QED) is 0.755. The van der Waals surface area contributed by atoms with Crippen LogP contribution in [0, 0.1) is 11.8 Å². The van der Waals surface area contributed by atoms with Crippen LogP contribution in [0.4, 0.5) is 0 Å². The van der Waals surface area contributed by atoms with E-state index in [9.17, 15) is 0 Å². The molecule has 17 heavy (non-hydrogen) atoms. The number of nitrogens with one attached hydrogen (secondary N) is 1. The molecule has 1 nitrogen and oxygen atoms in total. The van der Waals surface area contributed by atoms with Crippen LogP contribution in [0.5, 0.6) is 0 Å². The van der Waals surface area contributed by atoms with E-state index in [1.165, 1.54) is 31.2 Å². The highest BCUT2D eigenvalue weighted by Gasteiger charge is 2.38. The van der Waals surface area contributed by atoms with Gasteiger partial charge in [-0.05, 0) is 49.6 Å². The van der Waals surface area contributed by atoms with Crippen LogP contribution < -0.4 is 5.32 Å². The van der Waals surface area contributed by atoms with Crippen molar-refractivity contribution in [1.82, 2.24) is 5.32 Å². The predicted molar refractivity (Wildman–Crippen MR) is 74.1 cm³/mol. The molecule has 1 aromatic rings. The lowest BCUT2D eigenvalue weighted by Crippen LogP contribution is -2.31. The van der Waals surface area contributed by atoms with Crippen molar-refractivity contribution >= 4 is 0 Å². The zero-order valence-electron chi connectivity index (χ0n) is 11.2. The highest BCUT2D eigenvalue weighted by molar-refractivity contribution is 5.14. The maximum absolute atomic E-state index is 3.66. The number of benzene rings is 1. The van der Waals surface area contributed by atoms with Gasteiger partial charge in [-0.2, -0.15) is 0 Å². The fraction of sp³-hybridized carbons (Fsp3) is 0.625. The summed E-state index contributed by atoms with van der Waals surface area (Å²) in [6.45, 7) is 5.71. The van der Waals surface area contributed by atoms with Crippen LogP contribution in [0.25, 0.3) is 0 Å². The molecule has 1 aromatic carbocycles. The highest BCUT2D eigenvalue weighted by atomic mass is 14.9. The van der Waals surface area contributed by atoms with Gasteiger partial charge in [-0.3, -0.25) is 0 Å². The molecule has 0 amide bonds. The number of rotatable bonds is 7. The third-order valence-corrected chi connectivity index (χ3v) is 3.98. The van der Waals surface area contributed by atoms with Gasteiger partial charge >= 0.3 is 0 Å². The van der Waals surface area contributed by atoms with Crippen molar-refractivity contribution in [2.75, 3.05) is 6.54 Å². The third kappa shape index (κ3) is 3.85. The van der Waals surface area contributed by atoms with Gasteiger partial charge in [0, 0.05) is 6.04 Å². The molecule has 0 heterocycles. The zero-order chi connectivity index (χ0) is 12.1. The fourth-order valence-corrected chi connectivity index (χ4v) is 2.81. The third-order valence-electron chi connectivity index (χ3n) is 3.98. The van der Waals surface area contributed by atoms with Crippen LogP contribution in [-0.2, 0) is 6.42 Å². The summed E-state index contributed by atoms with van der Waals surface area (Å²) in [5.41, 5.74) is 1.48. The lowest BCUT2D eigenvalue weighted by atomic mass is 10.0. The van der Waals surface area contributed by atoms with E-state index in [1.54, 1.807) is 0 Å². The molecule has 3 atom stereocenters. The maximum Gasteiger partial charge on any atom is 0.00979 e. The largest absolute Gasteiger partial charge is 0.314 e. The van der Waals surface area contributed by atoms with Gasteiger partial charge in [0.25, 0.3) is 0 Å². The lowest BCUT2D eigenvalue weighted by Gasteiger charge is -2.17. The summed E-state index contributed by atoms with van der Waals surface area (Å²) in [4.78, 5) is 0. The number of hydrogen-bond acceptors (Lipinski definition) is 1. The lowest BCUT2D eigenvalue weighted by molar-refractivity contribution is 0.420. The molecule has 1 fully saturated rings. The second-order valence-electron chi connectivity index (χ2n) is 5.42. The van der Waals surface area contributed by atoms with Gasteiger partial charge < -0.3 is 5.32 Å². The Kier molecular flexibility index (Phi) is 4.61. The van der Waals surface area contributed by atoms with Crippen molar-refractivity contribution in [3.8, 4) is 0 Å². The summed E-state index contributed by atoms with van der Waals surface area (Å²) in [6, 6.07) is 11.6. The molecule has 1 heteroatoms. The Morgan fingerprint density at radius 3 is 2.59 bits per heavy atom. The van der Waals surface area contributed by atoms with Crippen LogP contribution in [0.2, 0.25) is 0 Å². The van der Waals surface area contributed by atoms with Crippen molar-refractivity contribution < 1.29 is 0 Å². The van der Waals surface area contributed by atoms with E-state index in [2.05, 4.69) is 49.5 Å². The average molecular weight is 231 g/mol. The van der Waals surface area contributed by atoms with Gasteiger partial charge in [-0.15, -0.1) is 0 Å². The van der Waals surface area contributed by atoms with Crippen LogP contribution >= 0.6 is 0 Å². The normalized spacial score (nSPS) is 24.6. The first-order valence-corrected chi connectivity index (χ1v) is 7.08. The minimum atomic E-state index is 0.763. The maximum atomic E-state index is 3.66. The molecule has 0 radical (unpaired) electrons. The molecule has 0 aromatic heterocycles. The molecule has 0 saturated heterocycles. The zero-order valence-corrected chi connectivity index (χ0v) is 11.2. The Morgan fingerprint density at radius 1 is 1.29 bits per heavy atom. The molecule has 1 aliphatic carbocycles. The molecule has 94 valence electrons. The van der Waals surface area contributed by atoms with E-state index in [0.29, 0.717) is 0 Å². The van der Waals surface area contributed by atoms with Crippen molar-refractivity contribution in [3.05, 3.63) is 35.9 Å². The summed E-state index contributed by atoms with van der Waals surface area (Å²) >= 11 is 0. The van der Waals surface area contributed by atoms with E-state index >= 15 is 0 Å². The van der Waals surface area contributed by atoms with E-state index in [4.69, 9.17) is 0 Å². The van der Waals surface area contributed by atoms with Crippen molar-refractivity contribution in [1.29, 1.82) is 0 Å². The Labute approximate surface area is 106 Å². The molecule has 0 aliphatic heterocycles. The molecule has 0 bridgehead atoms. The Hall–Kier alpha value is -0.820. The van der Waals surface area contributed by atoms with Crippen LogP contribution in [0.15, 0.2) is 30.3 Å². The van der Waals surface area contributed by atoms with Crippen molar-refractivity contribution in [2.24, 2.45) is 11.8 Å². The molecule has 2 rings (SSSR count). The van der Waals surface area contributed by atoms with E-state index in [1.807, 2.05) is 0 Å². The number of aryl methyl sites for hydroxylation is 1. The summed E-state index contributed by atoms with van der Waals surface area (Å²) < 4.78 is 0. The fourth-order valence-electron chi connectivity index (χ4n) is 2.81. The van der Waals surface area contributed by atoms with Gasteiger partial charge in [-0.1, -0.05) is 44.2 Å². The van der Waals surface area contributed by atoms with Gasteiger partial charge in [0.05, 0.1) is 0 Å². The van der Waals surface area contributed by atoms with E-state index < -0.39 is 0 Å². The minimum Gasteiger partial charge on any atom is -0.314 e. The average Bonchev–Trinajstić information content (AvgIpc) is 3.07. The van der Waals surface area contributed by atoms with Crippen LogP contribution in [0.1, 0.15) is 38.7 Å². The Balaban J connectivity index is 1.72. The first kappa shape index (κ1) is 12.6. The van der Waals surface area contributed by atoms with E-state index in [0.717, 1.165) is 24.4 Å². The molecule has 3 unspecified atom stereocenters. The SMILES string of the molecule is CCNC(CCCc1ccccc1)C1CC1C. The topological polar surface area (TPSA) is 12.0 Å². The Morgan fingerprint density at radius 2 is 2.00 bits per heavy atom. The highest BCUT2D eigenvalue weighted by Crippen LogP contribution is 2.41. The summed E-state index contributed by atoms with van der Waals surface area (Å²) in [6.07, 6.45) is 5.30. The molecule has 1 N–H and O–H groups in total. The van der Waals surface area contributed by atoms with Crippen LogP contribution in [-0.4, -0.2) is 12.6 Å². The summed E-state index contributed by atoms with van der Waals surface area (Å²) in [5.74, 6) is 1.90. The number of hydrogen-bond donors (Lipinski definition) is 1. The van der Waals surface area contributed by atoms with Gasteiger partial charge in [0.2, 0.25) is 0 Å². The smallest absolute Gasteiger partial charge is 0.00979 e. The first-order valence-electron chi connectivity index (χ1n) is 7.08. The van der Waals surface area contributed by atoms with Crippen molar-refractivity contribution in [3.63, 3.8) is 0 Å². The molecule has 1 saturated carbocycles. The van der Waals surface area contributed by atoms with Crippen molar-refractivity contribution in [2.45, 2.75) is 45.6 Å². The van der Waals surface area contributed by atoms with Gasteiger partial charge in [-0.25, -0.2) is 0 Å². The van der Waals surface area contributed by atoms with Crippen LogP contribution in [0.3, 0.4) is 0 Å². The minimum absolute atomic E-state index is 0.763. The summed E-state index contributed by atoms with van der Waals surface area (Å²) in [5, 5.41) is 3.66.